The monoisotopic (exact) mass is 166 g/mol. The van der Waals surface area contributed by atoms with E-state index in [1.165, 1.54) is 0 Å². The minimum atomic E-state index is -2.41. The molecule has 1 unspecified atom stereocenters. The van der Waals surface area contributed by atoms with Crippen molar-refractivity contribution in [1.29, 1.82) is 0 Å². The van der Waals surface area contributed by atoms with Crippen molar-refractivity contribution >= 4 is 12.6 Å². The molecule has 1 aliphatic carbocycles. The average molecular weight is 166 g/mol. The van der Waals surface area contributed by atoms with Gasteiger partial charge in [-0.15, -0.1) is 0 Å². The third-order valence-electron chi connectivity index (χ3n) is 1.92. The second-order valence-corrected chi connectivity index (χ2v) is 3.67. The van der Waals surface area contributed by atoms with Crippen molar-refractivity contribution in [2.24, 2.45) is 0 Å². The van der Waals surface area contributed by atoms with Crippen LogP contribution >= 0.6 is 12.6 Å². The predicted octanol–water partition coefficient (Wildman–Crippen LogP) is 2.88. The van der Waals surface area contributed by atoms with Gasteiger partial charge < -0.3 is 0 Å². The summed E-state index contributed by atoms with van der Waals surface area (Å²) in [5, 5.41) is 0.202. The molecule has 0 radical (unpaired) electrons. The van der Waals surface area contributed by atoms with E-state index >= 15 is 0 Å². The Hall–Kier alpha value is 0.210. The summed E-state index contributed by atoms with van der Waals surface area (Å²) in [5.74, 6) is -2.41. The summed E-state index contributed by atoms with van der Waals surface area (Å²) in [6.07, 6.45) is 2.13. The van der Waals surface area contributed by atoms with Crippen LogP contribution in [0.3, 0.4) is 0 Å². The van der Waals surface area contributed by atoms with Gasteiger partial charge in [0.2, 0.25) is 5.92 Å². The lowest BCUT2D eigenvalue weighted by atomic mass is 10.1. The van der Waals surface area contributed by atoms with Gasteiger partial charge in [-0.1, -0.05) is 0 Å². The van der Waals surface area contributed by atoms with E-state index in [9.17, 15) is 8.78 Å². The van der Waals surface area contributed by atoms with E-state index in [1.54, 1.807) is 0 Å². The Balaban J connectivity index is 2.41. The molecule has 0 amide bonds. The Morgan fingerprint density at radius 1 is 1.20 bits per heavy atom. The highest BCUT2D eigenvalue weighted by Gasteiger charge is 2.31. The second kappa shape index (κ2) is 3.07. The van der Waals surface area contributed by atoms with Gasteiger partial charge in [0.25, 0.3) is 0 Å². The van der Waals surface area contributed by atoms with Crippen molar-refractivity contribution in [3.8, 4) is 0 Å². The first-order valence-electron chi connectivity index (χ1n) is 3.66. The highest BCUT2D eigenvalue weighted by Crippen LogP contribution is 2.33. The molecular weight excluding hydrogens is 154 g/mol. The Kier molecular flexibility index (Phi) is 2.55. The Morgan fingerprint density at radius 3 is 2.60 bits per heavy atom. The largest absolute Gasteiger partial charge is 0.248 e. The van der Waals surface area contributed by atoms with Crippen molar-refractivity contribution in [1.82, 2.24) is 0 Å². The average Bonchev–Trinajstić information content (AvgIpc) is 1.94. The van der Waals surface area contributed by atoms with Crippen molar-refractivity contribution in [2.45, 2.75) is 43.3 Å². The molecule has 0 aromatic heterocycles. The smallest absolute Gasteiger partial charge is 0.207 e. The van der Waals surface area contributed by atoms with E-state index in [0.717, 1.165) is 6.42 Å². The molecule has 60 valence electrons. The lowest BCUT2D eigenvalue weighted by molar-refractivity contribution is -0.0137. The fourth-order valence-electron chi connectivity index (χ4n) is 1.24. The normalized spacial score (nSPS) is 33.3. The first-order chi connectivity index (χ1) is 4.60. The summed E-state index contributed by atoms with van der Waals surface area (Å²) in [6.45, 7) is 0. The van der Waals surface area contributed by atoms with Crippen LogP contribution in [0.15, 0.2) is 0 Å². The van der Waals surface area contributed by atoms with E-state index in [0.29, 0.717) is 12.8 Å². The summed E-state index contributed by atoms with van der Waals surface area (Å²) < 4.78 is 25.2. The first kappa shape index (κ1) is 8.31. The van der Waals surface area contributed by atoms with Gasteiger partial charge in [0.1, 0.15) is 0 Å². The molecule has 1 saturated carbocycles. The fraction of sp³-hybridized carbons (Fsp3) is 1.00. The van der Waals surface area contributed by atoms with Gasteiger partial charge in [-0.3, -0.25) is 0 Å². The van der Waals surface area contributed by atoms with E-state index in [1.807, 2.05) is 0 Å². The van der Waals surface area contributed by atoms with Gasteiger partial charge in [0.15, 0.2) is 0 Å². The van der Waals surface area contributed by atoms with Crippen molar-refractivity contribution in [2.75, 3.05) is 0 Å². The highest BCUT2D eigenvalue weighted by molar-refractivity contribution is 7.80. The molecule has 0 saturated heterocycles. The minimum absolute atomic E-state index is 0.0289. The van der Waals surface area contributed by atoms with E-state index in [4.69, 9.17) is 0 Å². The van der Waals surface area contributed by atoms with Gasteiger partial charge >= 0.3 is 0 Å². The molecule has 1 rings (SSSR count). The predicted molar refractivity (Wildman–Crippen MR) is 40.8 cm³/mol. The van der Waals surface area contributed by atoms with Crippen LogP contribution in [0.4, 0.5) is 8.78 Å². The third-order valence-corrected chi connectivity index (χ3v) is 2.44. The van der Waals surface area contributed by atoms with Crippen LogP contribution in [0, 0.1) is 0 Å². The van der Waals surface area contributed by atoms with Crippen molar-refractivity contribution in [3.63, 3.8) is 0 Å². The molecule has 0 N–H and O–H groups in total. The SMILES string of the molecule is FC1(F)CCCC(S)CC1. The first-order valence-corrected chi connectivity index (χ1v) is 4.18. The molecule has 0 heterocycles. The molecule has 1 atom stereocenters. The fourth-order valence-corrected chi connectivity index (χ4v) is 1.56. The Morgan fingerprint density at radius 2 is 1.90 bits per heavy atom. The van der Waals surface area contributed by atoms with Crippen LogP contribution in [0.1, 0.15) is 32.1 Å². The molecule has 0 aliphatic heterocycles. The zero-order valence-corrected chi connectivity index (χ0v) is 6.71. The molecule has 3 heteroatoms. The maximum atomic E-state index is 12.6. The van der Waals surface area contributed by atoms with Gasteiger partial charge in [-0.25, -0.2) is 8.78 Å². The molecule has 0 nitrogen and oxygen atoms in total. The molecule has 0 bridgehead atoms. The van der Waals surface area contributed by atoms with E-state index in [-0.39, 0.29) is 18.1 Å². The topological polar surface area (TPSA) is 0 Å². The maximum Gasteiger partial charge on any atom is 0.248 e. The molecule has 10 heavy (non-hydrogen) atoms. The maximum absolute atomic E-state index is 12.6. The summed E-state index contributed by atoms with van der Waals surface area (Å²) >= 11 is 4.17. The number of alkyl halides is 2. The lowest BCUT2D eigenvalue weighted by Gasteiger charge is -2.11. The molecular formula is C7H12F2S. The summed E-state index contributed by atoms with van der Waals surface area (Å²) in [6, 6.07) is 0. The zero-order chi connectivity index (χ0) is 7.61. The van der Waals surface area contributed by atoms with Crippen LogP contribution in [0.25, 0.3) is 0 Å². The van der Waals surface area contributed by atoms with Crippen molar-refractivity contribution in [3.05, 3.63) is 0 Å². The van der Waals surface area contributed by atoms with Gasteiger partial charge in [0.05, 0.1) is 0 Å². The quantitative estimate of drug-likeness (QED) is 0.415. The summed E-state index contributed by atoms with van der Waals surface area (Å²) in [5.41, 5.74) is 0. The molecule has 1 aliphatic rings. The van der Waals surface area contributed by atoms with E-state index < -0.39 is 5.92 Å². The highest BCUT2D eigenvalue weighted by atomic mass is 32.1. The second-order valence-electron chi connectivity index (χ2n) is 2.94. The van der Waals surface area contributed by atoms with Crippen LogP contribution in [-0.4, -0.2) is 11.2 Å². The Labute approximate surface area is 65.4 Å². The Bertz CT molecular complexity index is 114. The van der Waals surface area contributed by atoms with Gasteiger partial charge in [-0.2, -0.15) is 12.6 Å². The van der Waals surface area contributed by atoms with Crippen LogP contribution in [0.2, 0.25) is 0 Å². The molecule has 0 spiro atoms. The van der Waals surface area contributed by atoms with Gasteiger partial charge in [0, 0.05) is 18.1 Å². The minimum Gasteiger partial charge on any atom is -0.207 e. The number of halogens is 2. The van der Waals surface area contributed by atoms with Gasteiger partial charge in [-0.05, 0) is 19.3 Å². The number of hydrogen-bond acceptors (Lipinski definition) is 1. The number of thiol groups is 1. The lowest BCUT2D eigenvalue weighted by Crippen LogP contribution is -2.13. The molecule has 1 fully saturated rings. The van der Waals surface area contributed by atoms with Crippen LogP contribution < -0.4 is 0 Å². The molecule has 0 aromatic rings. The zero-order valence-electron chi connectivity index (χ0n) is 5.82. The summed E-state index contributed by atoms with van der Waals surface area (Å²) in [4.78, 5) is 0. The van der Waals surface area contributed by atoms with Crippen LogP contribution in [0.5, 0.6) is 0 Å². The van der Waals surface area contributed by atoms with Crippen LogP contribution in [-0.2, 0) is 0 Å². The number of rotatable bonds is 0. The molecule has 0 aromatic carbocycles. The standard InChI is InChI=1S/C7H12F2S/c8-7(9)4-1-2-6(10)3-5-7/h6,10H,1-5H2. The van der Waals surface area contributed by atoms with Crippen molar-refractivity contribution < 1.29 is 8.78 Å². The third kappa shape index (κ3) is 2.45. The number of hydrogen-bond donors (Lipinski definition) is 1. The van der Waals surface area contributed by atoms with E-state index in [2.05, 4.69) is 12.6 Å². The summed E-state index contributed by atoms with van der Waals surface area (Å²) in [7, 11) is 0.